The monoisotopic (exact) mass is 242 g/mol. The number of nitrogens with two attached hydrogens (primary N) is 1. The summed E-state index contributed by atoms with van der Waals surface area (Å²) in [6.45, 7) is 0. The second-order valence-electron chi connectivity index (χ2n) is 3.08. The Morgan fingerprint density at radius 2 is 2.19 bits per heavy atom. The van der Waals surface area contributed by atoms with Gasteiger partial charge in [0.2, 0.25) is 0 Å². The third kappa shape index (κ3) is 1.92. The number of benzene rings is 1. The van der Waals surface area contributed by atoms with E-state index in [1.807, 2.05) is 0 Å². The molecule has 2 aromatic rings. The van der Waals surface area contributed by atoms with Crippen molar-refractivity contribution in [1.82, 2.24) is 14.2 Å². The van der Waals surface area contributed by atoms with E-state index in [1.165, 1.54) is 18.3 Å². The molecule has 0 saturated heterocycles. The molecule has 0 amide bonds. The van der Waals surface area contributed by atoms with Crippen molar-refractivity contribution in [2.45, 2.75) is 6.04 Å². The van der Waals surface area contributed by atoms with Gasteiger partial charge in [0.1, 0.15) is 0 Å². The van der Waals surface area contributed by atoms with E-state index in [2.05, 4.69) is 14.2 Å². The summed E-state index contributed by atoms with van der Waals surface area (Å²) in [7, 11) is 0. The number of hydrogen-bond donors (Lipinski definition) is 2. The van der Waals surface area contributed by atoms with Gasteiger partial charge in [-0.05, 0) is 6.07 Å². The van der Waals surface area contributed by atoms with E-state index in [4.69, 9.17) is 5.84 Å². The first-order valence-corrected chi connectivity index (χ1v) is 5.14. The lowest BCUT2D eigenvalue weighted by molar-refractivity contribution is 0.481. The molecule has 3 N–H and O–H groups in total. The molecule has 16 heavy (non-hydrogen) atoms. The predicted molar refractivity (Wildman–Crippen MR) is 55.4 cm³/mol. The fraction of sp³-hybridized carbons (Fsp3) is 0.111. The molecule has 0 fully saturated rings. The number of aromatic nitrogens is 2. The Morgan fingerprint density at radius 1 is 1.38 bits per heavy atom. The Kier molecular flexibility index (Phi) is 3.18. The summed E-state index contributed by atoms with van der Waals surface area (Å²) in [5.74, 6) is 3.46. The molecule has 0 saturated carbocycles. The summed E-state index contributed by atoms with van der Waals surface area (Å²) in [6, 6.07) is 3.21. The van der Waals surface area contributed by atoms with E-state index < -0.39 is 17.7 Å². The van der Waals surface area contributed by atoms with Crippen LogP contribution in [0.25, 0.3) is 0 Å². The average Bonchev–Trinajstić information content (AvgIpc) is 2.79. The van der Waals surface area contributed by atoms with Crippen LogP contribution in [-0.2, 0) is 0 Å². The number of rotatable bonds is 3. The summed E-state index contributed by atoms with van der Waals surface area (Å²) in [4.78, 5) is 0. The van der Waals surface area contributed by atoms with Crippen molar-refractivity contribution in [3.05, 3.63) is 47.3 Å². The van der Waals surface area contributed by atoms with E-state index in [1.54, 1.807) is 0 Å². The zero-order chi connectivity index (χ0) is 11.5. The zero-order valence-corrected chi connectivity index (χ0v) is 8.84. The average molecular weight is 242 g/mol. The van der Waals surface area contributed by atoms with Crippen molar-refractivity contribution in [3.8, 4) is 0 Å². The third-order valence-electron chi connectivity index (χ3n) is 2.13. The normalized spacial score (nSPS) is 12.7. The number of nitrogens with one attached hydrogen (secondary N) is 1. The van der Waals surface area contributed by atoms with Gasteiger partial charge < -0.3 is 0 Å². The Labute approximate surface area is 94.4 Å². The predicted octanol–water partition coefficient (Wildman–Crippen LogP) is 1.37. The Bertz CT molecular complexity index is 474. The first kappa shape index (κ1) is 11.1. The van der Waals surface area contributed by atoms with Crippen molar-refractivity contribution < 1.29 is 8.78 Å². The molecule has 1 unspecified atom stereocenters. The van der Waals surface area contributed by atoms with Gasteiger partial charge in [0.05, 0.1) is 29.7 Å². The van der Waals surface area contributed by atoms with Gasteiger partial charge in [-0.1, -0.05) is 12.1 Å². The molecule has 1 atom stereocenters. The molecule has 0 aliphatic rings. The Balaban J connectivity index is 2.45. The highest BCUT2D eigenvalue weighted by Crippen LogP contribution is 2.23. The van der Waals surface area contributed by atoms with Crippen molar-refractivity contribution in [2.75, 3.05) is 0 Å². The highest BCUT2D eigenvalue weighted by atomic mass is 32.1. The summed E-state index contributed by atoms with van der Waals surface area (Å²) < 4.78 is 34.3. The lowest BCUT2D eigenvalue weighted by Gasteiger charge is -2.14. The maximum absolute atomic E-state index is 13.5. The smallest absolute Gasteiger partial charge is 0.164 e. The number of halogens is 2. The van der Waals surface area contributed by atoms with Gasteiger partial charge in [0, 0.05) is 5.56 Å². The number of hydrogen-bond acceptors (Lipinski definition) is 5. The van der Waals surface area contributed by atoms with Crippen LogP contribution >= 0.6 is 11.7 Å². The lowest BCUT2D eigenvalue weighted by Crippen LogP contribution is -2.30. The quantitative estimate of drug-likeness (QED) is 0.630. The topological polar surface area (TPSA) is 63.8 Å². The van der Waals surface area contributed by atoms with Crippen LogP contribution < -0.4 is 11.3 Å². The van der Waals surface area contributed by atoms with Gasteiger partial charge >= 0.3 is 0 Å². The van der Waals surface area contributed by atoms with Gasteiger partial charge in [-0.2, -0.15) is 8.75 Å². The molecular weight excluding hydrogens is 234 g/mol. The number of hydrazine groups is 1. The fourth-order valence-corrected chi connectivity index (χ4v) is 1.83. The summed E-state index contributed by atoms with van der Waals surface area (Å²) >= 11 is 0.976. The van der Waals surface area contributed by atoms with Crippen molar-refractivity contribution >= 4 is 11.7 Å². The summed E-state index contributed by atoms with van der Waals surface area (Å²) in [6.07, 6.45) is 1.46. The van der Waals surface area contributed by atoms with Crippen LogP contribution in [0.4, 0.5) is 8.78 Å². The van der Waals surface area contributed by atoms with Crippen LogP contribution in [0.3, 0.4) is 0 Å². The molecule has 0 aliphatic carbocycles. The van der Waals surface area contributed by atoms with E-state index in [0.717, 1.165) is 17.8 Å². The molecule has 0 aliphatic heterocycles. The fourth-order valence-electron chi connectivity index (χ4n) is 1.38. The molecule has 7 heteroatoms. The minimum Gasteiger partial charge on any atom is -0.271 e. The molecule has 84 valence electrons. The highest BCUT2D eigenvalue weighted by Gasteiger charge is 2.20. The zero-order valence-electron chi connectivity index (χ0n) is 8.02. The molecule has 2 rings (SSSR count). The van der Waals surface area contributed by atoms with Gasteiger partial charge in [0.25, 0.3) is 0 Å². The first-order chi connectivity index (χ1) is 7.74. The van der Waals surface area contributed by atoms with Crippen LogP contribution in [0.2, 0.25) is 0 Å². The molecule has 4 nitrogen and oxygen atoms in total. The van der Waals surface area contributed by atoms with E-state index >= 15 is 0 Å². The second-order valence-corrected chi connectivity index (χ2v) is 3.63. The molecule has 0 bridgehead atoms. The van der Waals surface area contributed by atoms with Crippen LogP contribution in [0.5, 0.6) is 0 Å². The lowest BCUT2D eigenvalue weighted by atomic mass is 10.0. The molecule has 1 heterocycles. The standard InChI is InChI=1S/C9H8F2N4S/c10-6-3-1-2-5(8(6)11)9(14-12)7-4-13-16-15-7/h1-4,9,14H,12H2. The van der Waals surface area contributed by atoms with Gasteiger partial charge in [-0.3, -0.25) is 5.84 Å². The maximum Gasteiger partial charge on any atom is 0.164 e. The Hall–Kier alpha value is -1.44. The largest absolute Gasteiger partial charge is 0.271 e. The molecular formula is C9H8F2N4S. The minimum atomic E-state index is -0.932. The second kappa shape index (κ2) is 4.60. The molecule has 0 spiro atoms. The third-order valence-corrected chi connectivity index (χ3v) is 2.63. The van der Waals surface area contributed by atoms with Gasteiger partial charge in [-0.25, -0.2) is 14.2 Å². The van der Waals surface area contributed by atoms with Crippen LogP contribution in [-0.4, -0.2) is 8.75 Å². The van der Waals surface area contributed by atoms with Crippen molar-refractivity contribution in [3.63, 3.8) is 0 Å². The van der Waals surface area contributed by atoms with Crippen LogP contribution in [0.1, 0.15) is 17.3 Å². The van der Waals surface area contributed by atoms with Gasteiger partial charge in [0.15, 0.2) is 11.6 Å². The highest BCUT2D eigenvalue weighted by molar-refractivity contribution is 6.99. The first-order valence-electron chi connectivity index (χ1n) is 4.41. The van der Waals surface area contributed by atoms with E-state index in [-0.39, 0.29) is 5.56 Å². The molecule has 0 radical (unpaired) electrons. The minimum absolute atomic E-state index is 0.107. The molecule has 1 aromatic heterocycles. The van der Waals surface area contributed by atoms with Gasteiger partial charge in [-0.15, -0.1) is 0 Å². The van der Waals surface area contributed by atoms with Crippen LogP contribution in [0.15, 0.2) is 24.4 Å². The number of nitrogens with zero attached hydrogens (tertiary/aromatic N) is 2. The summed E-state index contributed by atoms with van der Waals surface area (Å²) in [5, 5.41) is 0. The maximum atomic E-state index is 13.5. The summed E-state index contributed by atoms with van der Waals surface area (Å²) in [5.41, 5.74) is 2.95. The molecule has 1 aromatic carbocycles. The van der Waals surface area contributed by atoms with E-state index in [0.29, 0.717) is 5.69 Å². The van der Waals surface area contributed by atoms with Crippen molar-refractivity contribution in [2.24, 2.45) is 5.84 Å². The van der Waals surface area contributed by atoms with Crippen molar-refractivity contribution in [1.29, 1.82) is 0 Å². The van der Waals surface area contributed by atoms with E-state index in [9.17, 15) is 8.78 Å². The SMILES string of the molecule is NNC(c1cnsn1)c1cccc(F)c1F. The Morgan fingerprint density at radius 3 is 2.81 bits per heavy atom. The van der Waals surface area contributed by atoms with Crippen LogP contribution in [0, 0.1) is 11.6 Å².